The molecule has 0 aliphatic carbocycles. The van der Waals surface area contributed by atoms with E-state index in [1.165, 1.54) is 12.1 Å². The van der Waals surface area contributed by atoms with E-state index in [0.717, 1.165) is 11.1 Å². The first kappa shape index (κ1) is 21.3. The summed E-state index contributed by atoms with van der Waals surface area (Å²) in [4.78, 5) is 21.6. The maximum Gasteiger partial charge on any atom is 0.310 e. The van der Waals surface area contributed by atoms with Crippen molar-refractivity contribution >= 4 is 11.9 Å². The SMILES string of the molecule is CCOC(=O)Cc1ccc(F)c(C)c1.Cc1cc(CC(N)=O)ccc1F. The van der Waals surface area contributed by atoms with Crippen molar-refractivity contribution in [1.29, 1.82) is 0 Å². The van der Waals surface area contributed by atoms with Crippen LogP contribution in [0.2, 0.25) is 0 Å². The zero-order chi connectivity index (χ0) is 19.7. The van der Waals surface area contributed by atoms with E-state index in [1.54, 1.807) is 45.0 Å². The van der Waals surface area contributed by atoms with Gasteiger partial charge in [0, 0.05) is 0 Å². The third kappa shape index (κ3) is 7.42. The van der Waals surface area contributed by atoms with Gasteiger partial charge in [0.05, 0.1) is 19.4 Å². The highest BCUT2D eigenvalue weighted by atomic mass is 19.1. The summed E-state index contributed by atoms with van der Waals surface area (Å²) in [5.74, 6) is -1.19. The van der Waals surface area contributed by atoms with E-state index in [1.807, 2.05) is 0 Å². The predicted octanol–water partition coefficient (Wildman–Crippen LogP) is 3.40. The van der Waals surface area contributed by atoms with Crippen LogP contribution in [0.1, 0.15) is 29.2 Å². The fourth-order valence-electron chi connectivity index (χ4n) is 2.21. The summed E-state index contributed by atoms with van der Waals surface area (Å²) >= 11 is 0. The number of hydrogen-bond donors (Lipinski definition) is 1. The molecule has 0 unspecified atom stereocenters. The maximum absolute atomic E-state index is 12.9. The Bertz CT molecular complexity index is 776. The molecule has 0 saturated carbocycles. The van der Waals surface area contributed by atoms with Crippen molar-refractivity contribution in [1.82, 2.24) is 0 Å². The monoisotopic (exact) mass is 363 g/mol. The number of aryl methyl sites for hydroxylation is 2. The number of esters is 1. The molecule has 140 valence electrons. The average molecular weight is 363 g/mol. The Labute approximate surface area is 152 Å². The van der Waals surface area contributed by atoms with Crippen LogP contribution in [0.15, 0.2) is 36.4 Å². The highest BCUT2D eigenvalue weighted by molar-refractivity contribution is 5.76. The van der Waals surface area contributed by atoms with Gasteiger partial charge in [-0.2, -0.15) is 0 Å². The molecule has 0 fully saturated rings. The summed E-state index contributed by atoms with van der Waals surface area (Å²) in [6.45, 7) is 5.45. The van der Waals surface area contributed by atoms with Crippen molar-refractivity contribution in [3.05, 3.63) is 70.3 Å². The molecule has 1 amide bonds. The van der Waals surface area contributed by atoms with E-state index >= 15 is 0 Å². The second kappa shape index (κ2) is 10.3. The Morgan fingerprint density at radius 2 is 1.38 bits per heavy atom. The van der Waals surface area contributed by atoms with Crippen molar-refractivity contribution in [2.75, 3.05) is 6.61 Å². The summed E-state index contributed by atoms with van der Waals surface area (Å²) < 4.78 is 30.4. The maximum atomic E-state index is 12.9. The van der Waals surface area contributed by atoms with Gasteiger partial charge in [-0.15, -0.1) is 0 Å². The van der Waals surface area contributed by atoms with Gasteiger partial charge in [0.1, 0.15) is 11.6 Å². The van der Waals surface area contributed by atoms with Gasteiger partial charge < -0.3 is 10.5 Å². The number of ether oxygens (including phenoxy) is 1. The molecule has 0 atom stereocenters. The lowest BCUT2D eigenvalue weighted by Crippen LogP contribution is -2.13. The minimum atomic E-state index is -0.402. The van der Waals surface area contributed by atoms with Crippen LogP contribution in [-0.2, 0) is 27.2 Å². The molecular weight excluding hydrogens is 340 g/mol. The van der Waals surface area contributed by atoms with Crippen molar-refractivity contribution < 1.29 is 23.1 Å². The molecule has 0 spiro atoms. The van der Waals surface area contributed by atoms with Gasteiger partial charge in [-0.05, 0) is 55.2 Å². The van der Waals surface area contributed by atoms with Gasteiger partial charge in [-0.25, -0.2) is 8.78 Å². The molecule has 0 saturated heterocycles. The summed E-state index contributed by atoms with van der Waals surface area (Å²) in [7, 11) is 0. The molecule has 0 aliphatic rings. The lowest BCUT2D eigenvalue weighted by atomic mass is 10.1. The first-order chi connectivity index (χ1) is 12.2. The van der Waals surface area contributed by atoms with Crippen molar-refractivity contribution in [2.45, 2.75) is 33.6 Å². The molecule has 2 rings (SSSR count). The van der Waals surface area contributed by atoms with E-state index in [0.29, 0.717) is 17.7 Å². The Hall–Kier alpha value is -2.76. The van der Waals surface area contributed by atoms with E-state index in [-0.39, 0.29) is 30.4 Å². The number of carbonyl (C=O) groups excluding carboxylic acids is 2. The van der Waals surface area contributed by atoms with Crippen LogP contribution in [0.5, 0.6) is 0 Å². The number of amides is 1. The van der Waals surface area contributed by atoms with Gasteiger partial charge in [0.25, 0.3) is 0 Å². The van der Waals surface area contributed by atoms with Crippen LogP contribution in [0.4, 0.5) is 8.78 Å². The topological polar surface area (TPSA) is 69.4 Å². The van der Waals surface area contributed by atoms with Crippen LogP contribution in [0.25, 0.3) is 0 Å². The van der Waals surface area contributed by atoms with Crippen molar-refractivity contribution in [3.63, 3.8) is 0 Å². The van der Waals surface area contributed by atoms with Gasteiger partial charge >= 0.3 is 5.97 Å². The summed E-state index contributed by atoms with van der Waals surface area (Å²) in [6, 6.07) is 9.15. The minimum absolute atomic E-state index is 0.168. The standard InChI is InChI=1S/C11H13FO2.C9H10FNO/c1-3-14-11(13)7-9-4-5-10(12)8(2)6-9;1-6-4-7(5-9(11)12)2-3-8(6)10/h4-6H,3,7H2,1-2H3;2-4H,5H2,1H3,(H2,11,12). The van der Waals surface area contributed by atoms with E-state index in [2.05, 4.69) is 0 Å². The molecule has 2 aromatic rings. The molecule has 0 heterocycles. The van der Waals surface area contributed by atoms with E-state index in [4.69, 9.17) is 10.5 Å². The van der Waals surface area contributed by atoms with Crippen LogP contribution in [0, 0.1) is 25.5 Å². The number of benzene rings is 2. The zero-order valence-corrected chi connectivity index (χ0v) is 15.1. The Balaban J connectivity index is 0.000000263. The molecule has 26 heavy (non-hydrogen) atoms. The van der Waals surface area contributed by atoms with Gasteiger partial charge in [-0.3, -0.25) is 9.59 Å². The molecule has 2 aromatic carbocycles. The molecule has 6 heteroatoms. The van der Waals surface area contributed by atoms with Crippen LogP contribution in [-0.4, -0.2) is 18.5 Å². The van der Waals surface area contributed by atoms with E-state index in [9.17, 15) is 18.4 Å². The Kier molecular flexibility index (Phi) is 8.42. The molecule has 0 aromatic heterocycles. The lowest BCUT2D eigenvalue weighted by molar-refractivity contribution is -0.142. The number of halogens is 2. The highest BCUT2D eigenvalue weighted by Crippen LogP contribution is 2.10. The second-order valence-corrected chi connectivity index (χ2v) is 5.79. The Morgan fingerprint density at radius 1 is 0.923 bits per heavy atom. The first-order valence-electron chi connectivity index (χ1n) is 8.17. The molecule has 2 N–H and O–H groups in total. The third-order valence-corrected chi connectivity index (χ3v) is 3.48. The zero-order valence-electron chi connectivity index (χ0n) is 15.1. The number of hydrogen-bond acceptors (Lipinski definition) is 3. The highest BCUT2D eigenvalue weighted by Gasteiger charge is 2.05. The summed E-state index contributed by atoms with van der Waals surface area (Å²) in [6.07, 6.45) is 0.371. The largest absolute Gasteiger partial charge is 0.466 e. The minimum Gasteiger partial charge on any atom is -0.466 e. The average Bonchev–Trinajstić information content (AvgIpc) is 2.55. The van der Waals surface area contributed by atoms with Crippen molar-refractivity contribution in [3.8, 4) is 0 Å². The van der Waals surface area contributed by atoms with Crippen molar-refractivity contribution in [2.24, 2.45) is 5.73 Å². The van der Waals surface area contributed by atoms with E-state index < -0.39 is 5.91 Å². The third-order valence-electron chi connectivity index (χ3n) is 3.48. The lowest BCUT2D eigenvalue weighted by Gasteiger charge is -2.03. The van der Waals surface area contributed by atoms with Gasteiger partial charge in [0.2, 0.25) is 5.91 Å². The normalized spacial score (nSPS) is 9.88. The first-order valence-corrected chi connectivity index (χ1v) is 8.17. The molecule has 0 radical (unpaired) electrons. The van der Waals surface area contributed by atoms with Gasteiger partial charge in [0.15, 0.2) is 0 Å². The summed E-state index contributed by atoms with van der Waals surface area (Å²) in [5.41, 5.74) is 7.60. The quantitative estimate of drug-likeness (QED) is 0.828. The molecule has 0 bridgehead atoms. The second-order valence-electron chi connectivity index (χ2n) is 5.79. The summed E-state index contributed by atoms with van der Waals surface area (Å²) in [5, 5.41) is 0. The number of nitrogens with two attached hydrogens (primary N) is 1. The van der Waals surface area contributed by atoms with Crippen LogP contribution in [0.3, 0.4) is 0 Å². The fraction of sp³-hybridized carbons (Fsp3) is 0.300. The van der Waals surface area contributed by atoms with Crippen LogP contribution >= 0.6 is 0 Å². The molecule has 0 aliphatic heterocycles. The number of primary amides is 1. The smallest absolute Gasteiger partial charge is 0.310 e. The molecular formula is C20H23F2NO3. The Morgan fingerprint density at radius 3 is 1.77 bits per heavy atom. The van der Waals surface area contributed by atoms with Crippen LogP contribution < -0.4 is 5.73 Å². The predicted molar refractivity (Wildman–Crippen MR) is 95.5 cm³/mol. The number of carbonyl (C=O) groups is 2. The van der Waals surface area contributed by atoms with Gasteiger partial charge in [-0.1, -0.05) is 24.3 Å². The molecule has 4 nitrogen and oxygen atoms in total. The number of rotatable bonds is 5. The fourth-order valence-corrected chi connectivity index (χ4v) is 2.21.